The number of anilines is 1. The van der Waals surface area contributed by atoms with E-state index in [2.05, 4.69) is 34.6 Å². The van der Waals surface area contributed by atoms with E-state index in [9.17, 15) is 4.79 Å². The Morgan fingerprint density at radius 2 is 1.91 bits per heavy atom. The molecule has 0 atom stereocenters. The molecule has 0 bridgehead atoms. The molecule has 2 aromatic heterocycles. The van der Waals surface area contributed by atoms with Gasteiger partial charge in [0, 0.05) is 18.8 Å². The minimum absolute atomic E-state index is 0.0384. The quantitative estimate of drug-likeness (QED) is 0.229. The smallest absolute Gasteiger partial charge is 0.258 e. The molecule has 0 unspecified atom stereocenters. The zero-order chi connectivity index (χ0) is 23.8. The molecule has 34 heavy (non-hydrogen) atoms. The average Bonchev–Trinajstić information content (AvgIpc) is 3.27. The fraction of sp³-hybridized carbons (Fsp3) is 0.360. The Balaban J connectivity index is 1.35. The monoisotopic (exact) mass is 478 g/mol. The highest BCUT2D eigenvalue weighted by atomic mass is 32.2. The molecule has 0 spiro atoms. The maximum atomic E-state index is 12.3. The van der Waals surface area contributed by atoms with Crippen LogP contribution in [0.15, 0.2) is 53.8 Å². The standard InChI is InChI=1S/C25H30N6O2S/c1-3-11-27-23-21-16-28-31(24(21)30-25(29-23)34-14-4-2)13-12-26-22(32)17-33-20-10-9-18-7-5-6-8-19(18)15-20/h5-10,15-16H,3-4,11-14,17H2,1-2H3,(H,26,32)(H,27,29,30). The zero-order valence-corrected chi connectivity index (χ0v) is 20.4. The van der Waals surface area contributed by atoms with E-state index in [0.29, 0.717) is 18.8 Å². The molecule has 0 saturated carbocycles. The second-order valence-corrected chi connectivity index (χ2v) is 8.94. The van der Waals surface area contributed by atoms with E-state index in [4.69, 9.17) is 9.72 Å². The first-order valence-corrected chi connectivity index (χ1v) is 12.6. The number of hydrogen-bond donors (Lipinski definition) is 2. The molecule has 4 aromatic rings. The maximum absolute atomic E-state index is 12.3. The van der Waals surface area contributed by atoms with Crippen molar-refractivity contribution >= 4 is 45.3 Å². The van der Waals surface area contributed by atoms with Gasteiger partial charge in [-0.05, 0) is 35.7 Å². The molecule has 0 aliphatic heterocycles. The summed E-state index contributed by atoms with van der Waals surface area (Å²) in [6.07, 6.45) is 3.84. The molecule has 9 heteroatoms. The maximum Gasteiger partial charge on any atom is 0.258 e. The summed E-state index contributed by atoms with van der Waals surface area (Å²) in [6.45, 7) is 5.99. The first-order valence-electron chi connectivity index (χ1n) is 11.7. The summed E-state index contributed by atoms with van der Waals surface area (Å²) in [6, 6.07) is 13.9. The lowest BCUT2D eigenvalue weighted by molar-refractivity contribution is -0.123. The van der Waals surface area contributed by atoms with Crippen LogP contribution in [0, 0.1) is 0 Å². The van der Waals surface area contributed by atoms with Crippen LogP contribution in [0.2, 0.25) is 0 Å². The minimum atomic E-state index is -0.177. The van der Waals surface area contributed by atoms with Crippen LogP contribution in [-0.4, -0.2) is 51.1 Å². The summed E-state index contributed by atoms with van der Waals surface area (Å²) in [5.41, 5.74) is 0.772. The third-order valence-electron chi connectivity index (χ3n) is 5.19. The number of carbonyl (C=O) groups excluding carboxylic acids is 1. The van der Waals surface area contributed by atoms with Crippen molar-refractivity contribution in [3.05, 3.63) is 48.7 Å². The number of thioether (sulfide) groups is 1. The van der Waals surface area contributed by atoms with Crippen molar-refractivity contribution in [2.24, 2.45) is 0 Å². The van der Waals surface area contributed by atoms with Crippen LogP contribution >= 0.6 is 11.8 Å². The summed E-state index contributed by atoms with van der Waals surface area (Å²) in [4.78, 5) is 21.7. The largest absolute Gasteiger partial charge is 0.484 e. The molecular weight excluding hydrogens is 448 g/mol. The van der Waals surface area contributed by atoms with Gasteiger partial charge in [0.05, 0.1) is 18.1 Å². The van der Waals surface area contributed by atoms with Gasteiger partial charge in [0.15, 0.2) is 17.4 Å². The van der Waals surface area contributed by atoms with Crippen LogP contribution in [0.1, 0.15) is 26.7 Å². The minimum Gasteiger partial charge on any atom is -0.484 e. The van der Waals surface area contributed by atoms with Crippen molar-refractivity contribution < 1.29 is 9.53 Å². The summed E-state index contributed by atoms with van der Waals surface area (Å²) in [5, 5.41) is 14.6. The van der Waals surface area contributed by atoms with Crippen molar-refractivity contribution in [1.82, 2.24) is 25.1 Å². The second-order valence-electron chi connectivity index (χ2n) is 7.88. The van der Waals surface area contributed by atoms with Crippen LogP contribution in [0.5, 0.6) is 5.75 Å². The first-order chi connectivity index (χ1) is 16.7. The predicted octanol–water partition coefficient (Wildman–Crippen LogP) is 4.50. The Kier molecular flexibility index (Phi) is 8.19. The van der Waals surface area contributed by atoms with Gasteiger partial charge in [-0.15, -0.1) is 0 Å². The van der Waals surface area contributed by atoms with Crippen LogP contribution in [0.4, 0.5) is 5.82 Å². The third kappa shape index (κ3) is 5.96. The van der Waals surface area contributed by atoms with Crippen molar-refractivity contribution in [1.29, 1.82) is 0 Å². The Bertz CT molecular complexity index is 1260. The number of amides is 1. The predicted molar refractivity (Wildman–Crippen MR) is 138 cm³/mol. The second kappa shape index (κ2) is 11.7. The average molecular weight is 479 g/mol. The molecule has 0 radical (unpaired) electrons. The Morgan fingerprint density at radius 3 is 2.74 bits per heavy atom. The normalized spacial score (nSPS) is 11.1. The number of rotatable bonds is 12. The summed E-state index contributed by atoms with van der Waals surface area (Å²) in [5.74, 6) is 2.27. The fourth-order valence-electron chi connectivity index (χ4n) is 3.49. The highest BCUT2D eigenvalue weighted by molar-refractivity contribution is 7.99. The van der Waals surface area contributed by atoms with Crippen molar-refractivity contribution in [3.8, 4) is 5.75 Å². The molecule has 4 rings (SSSR count). The molecule has 2 heterocycles. The van der Waals surface area contributed by atoms with Gasteiger partial charge in [-0.25, -0.2) is 14.6 Å². The Labute approximate surface area is 203 Å². The SMILES string of the molecule is CCCNc1nc(SCCC)nc2c1cnn2CCNC(=O)COc1ccc2ccccc2c1. The van der Waals surface area contributed by atoms with Gasteiger partial charge in [-0.1, -0.05) is 55.9 Å². The summed E-state index contributed by atoms with van der Waals surface area (Å²) >= 11 is 1.64. The number of ether oxygens (including phenoxy) is 1. The third-order valence-corrected chi connectivity index (χ3v) is 6.24. The van der Waals surface area contributed by atoms with Gasteiger partial charge < -0.3 is 15.4 Å². The van der Waals surface area contributed by atoms with Gasteiger partial charge in [0.25, 0.3) is 5.91 Å². The Hall–Kier alpha value is -3.33. The van der Waals surface area contributed by atoms with E-state index < -0.39 is 0 Å². The van der Waals surface area contributed by atoms with Crippen LogP contribution in [-0.2, 0) is 11.3 Å². The van der Waals surface area contributed by atoms with Crippen LogP contribution < -0.4 is 15.4 Å². The molecule has 1 amide bonds. The van der Waals surface area contributed by atoms with E-state index in [0.717, 1.165) is 57.9 Å². The molecule has 0 saturated heterocycles. The summed E-state index contributed by atoms with van der Waals surface area (Å²) < 4.78 is 7.49. The number of aromatic nitrogens is 4. The zero-order valence-electron chi connectivity index (χ0n) is 19.6. The molecular formula is C25H30N6O2S. The number of nitrogens with one attached hydrogen (secondary N) is 2. The number of nitrogens with zero attached hydrogens (tertiary/aromatic N) is 4. The van der Waals surface area contributed by atoms with Crippen molar-refractivity contribution in [2.75, 3.05) is 30.8 Å². The van der Waals surface area contributed by atoms with Gasteiger partial charge >= 0.3 is 0 Å². The van der Waals surface area contributed by atoms with E-state index in [1.54, 1.807) is 18.0 Å². The topological polar surface area (TPSA) is 94.0 Å². The summed E-state index contributed by atoms with van der Waals surface area (Å²) in [7, 11) is 0. The first kappa shape index (κ1) is 23.8. The highest BCUT2D eigenvalue weighted by Gasteiger charge is 2.13. The van der Waals surface area contributed by atoms with E-state index >= 15 is 0 Å². The van der Waals surface area contributed by atoms with Gasteiger partial charge in [0.1, 0.15) is 11.6 Å². The lowest BCUT2D eigenvalue weighted by Gasteiger charge is -2.10. The van der Waals surface area contributed by atoms with E-state index in [-0.39, 0.29) is 12.5 Å². The Morgan fingerprint density at radius 1 is 1.06 bits per heavy atom. The van der Waals surface area contributed by atoms with Crippen molar-refractivity contribution in [2.45, 2.75) is 38.4 Å². The molecule has 178 valence electrons. The lowest BCUT2D eigenvalue weighted by atomic mass is 10.1. The molecule has 2 N–H and O–H groups in total. The van der Waals surface area contributed by atoms with Crippen LogP contribution in [0.25, 0.3) is 21.8 Å². The fourth-order valence-corrected chi connectivity index (χ4v) is 4.19. The molecule has 2 aromatic carbocycles. The van der Waals surface area contributed by atoms with Gasteiger partial charge in [0.2, 0.25) is 0 Å². The highest BCUT2D eigenvalue weighted by Crippen LogP contribution is 2.25. The number of carbonyl (C=O) groups is 1. The van der Waals surface area contributed by atoms with Gasteiger partial charge in [-0.3, -0.25) is 4.79 Å². The molecule has 8 nitrogen and oxygen atoms in total. The lowest BCUT2D eigenvalue weighted by Crippen LogP contribution is -2.31. The van der Waals surface area contributed by atoms with E-state index in [1.807, 2.05) is 47.1 Å². The molecule has 0 fully saturated rings. The van der Waals surface area contributed by atoms with Crippen LogP contribution in [0.3, 0.4) is 0 Å². The van der Waals surface area contributed by atoms with Gasteiger partial charge in [-0.2, -0.15) is 5.10 Å². The van der Waals surface area contributed by atoms with E-state index in [1.165, 1.54) is 0 Å². The number of fused-ring (bicyclic) bond motifs is 2. The number of benzene rings is 2. The number of hydrogen-bond acceptors (Lipinski definition) is 7. The molecule has 0 aliphatic carbocycles. The van der Waals surface area contributed by atoms with Crippen molar-refractivity contribution in [3.63, 3.8) is 0 Å². The molecule has 0 aliphatic rings.